The number of nitrogens with zero attached hydrogens (tertiary/aromatic N) is 2. The summed E-state index contributed by atoms with van der Waals surface area (Å²) >= 11 is 0. The van der Waals surface area contributed by atoms with E-state index < -0.39 is 8.69 Å². The van der Waals surface area contributed by atoms with Crippen LogP contribution in [0.4, 0.5) is 0 Å². The predicted octanol–water partition coefficient (Wildman–Crippen LogP) is 0.391. The van der Waals surface area contributed by atoms with Gasteiger partial charge in [-0.05, 0) is 32.8 Å². The van der Waals surface area contributed by atoms with Crippen LogP contribution in [0.3, 0.4) is 0 Å². The van der Waals surface area contributed by atoms with Gasteiger partial charge in [0.05, 0.1) is 6.17 Å². The zero-order chi connectivity index (χ0) is 8.85. The van der Waals surface area contributed by atoms with Crippen molar-refractivity contribution >= 4 is 8.69 Å². The molecule has 5 heteroatoms. The first-order chi connectivity index (χ1) is 5.09. The van der Waals surface area contributed by atoms with E-state index in [1.54, 1.807) is 0 Å². The minimum atomic E-state index is -0.667. The zero-order valence-electron chi connectivity index (χ0n) is 7.50. The minimum absolute atomic E-state index is 0.191. The quantitative estimate of drug-likeness (QED) is 0.451. The van der Waals surface area contributed by atoms with Crippen molar-refractivity contribution in [3.63, 3.8) is 0 Å². The van der Waals surface area contributed by atoms with Gasteiger partial charge in [-0.25, -0.2) is 0 Å². The van der Waals surface area contributed by atoms with Gasteiger partial charge >= 0.3 is 8.69 Å². The van der Waals surface area contributed by atoms with Crippen molar-refractivity contribution < 1.29 is 9.09 Å². The number of likely N-dealkylation sites (N-methyl/N-ethyl adjacent to an activating group) is 2. The van der Waals surface area contributed by atoms with Gasteiger partial charge in [0.25, 0.3) is 0 Å². The molecule has 0 aliphatic rings. The van der Waals surface area contributed by atoms with Gasteiger partial charge in [-0.2, -0.15) is 0 Å². The van der Waals surface area contributed by atoms with Crippen LogP contribution in [-0.2, 0) is 9.09 Å². The lowest BCUT2D eigenvalue weighted by Crippen LogP contribution is -2.43. The van der Waals surface area contributed by atoms with Crippen LogP contribution in [0.1, 0.15) is 0 Å². The Kier molecular flexibility index (Phi) is 5.60. The van der Waals surface area contributed by atoms with Crippen LogP contribution in [0.5, 0.6) is 0 Å². The molecule has 0 aromatic heterocycles. The molecule has 0 spiro atoms. The highest BCUT2D eigenvalue weighted by Crippen LogP contribution is 2.02. The molecular weight excluding hydrogens is 163 g/mol. The van der Waals surface area contributed by atoms with Gasteiger partial charge in [0.15, 0.2) is 0 Å². The largest absolute Gasteiger partial charge is 0.494 e. The third-order valence-electron chi connectivity index (χ3n) is 1.48. The number of hydrogen-bond donors (Lipinski definition) is 0. The van der Waals surface area contributed by atoms with Crippen LogP contribution in [0.2, 0.25) is 0 Å². The Morgan fingerprint density at radius 3 is 2.00 bits per heavy atom. The molecule has 0 saturated heterocycles. The van der Waals surface area contributed by atoms with Gasteiger partial charge in [-0.1, -0.05) is 0 Å². The lowest BCUT2D eigenvalue weighted by Gasteiger charge is -2.27. The molecule has 0 radical (unpaired) electrons. The summed E-state index contributed by atoms with van der Waals surface area (Å²) in [6.07, 6.45) is 0.191. The fourth-order valence-corrected chi connectivity index (χ4v) is 1.09. The molecule has 11 heavy (non-hydrogen) atoms. The highest BCUT2D eigenvalue weighted by atomic mass is 31.1. The molecule has 1 atom stereocenters. The Hall–Kier alpha value is -0.0200. The van der Waals surface area contributed by atoms with Crippen molar-refractivity contribution in [2.75, 3.05) is 34.8 Å². The van der Waals surface area contributed by atoms with Crippen LogP contribution >= 0.6 is 8.69 Å². The topological polar surface area (TPSA) is 32.8 Å². The SMILES string of the molecule is CN(C)C(CO[PH+]=O)N(C)C. The first-order valence-corrected chi connectivity index (χ1v) is 4.23. The second-order valence-electron chi connectivity index (χ2n) is 2.80. The number of hydrogen-bond acceptors (Lipinski definition) is 4. The van der Waals surface area contributed by atoms with Gasteiger partial charge in [0.2, 0.25) is 0 Å². The first-order valence-electron chi connectivity index (χ1n) is 3.41. The highest BCUT2D eigenvalue weighted by Gasteiger charge is 2.15. The molecule has 0 saturated carbocycles. The maximum absolute atomic E-state index is 10.0. The molecule has 0 fully saturated rings. The van der Waals surface area contributed by atoms with Gasteiger partial charge in [-0.15, -0.1) is 4.52 Å². The van der Waals surface area contributed by atoms with E-state index >= 15 is 0 Å². The molecule has 66 valence electrons. The lowest BCUT2D eigenvalue weighted by atomic mass is 10.4. The summed E-state index contributed by atoms with van der Waals surface area (Å²) in [5, 5.41) is 0. The molecule has 0 aromatic carbocycles. The van der Waals surface area contributed by atoms with Crippen LogP contribution in [-0.4, -0.2) is 50.8 Å². The number of rotatable bonds is 5. The molecule has 0 aliphatic heterocycles. The normalized spacial score (nSPS) is 12.3. The van der Waals surface area contributed by atoms with Crippen molar-refractivity contribution in [2.24, 2.45) is 0 Å². The van der Waals surface area contributed by atoms with Crippen LogP contribution in [0.25, 0.3) is 0 Å². The maximum atomic E-state index is 10.0. The van der Waals surface area contributed by atoms with Gasteiger partial charge in [-0.3, -0.25) is 9.80 Å². The van der Waals surface area contributed by atoms with Gasteiger partial charge in [0.1, 0.15) is 6.61 Å². The van der Waals surface area contributed by atoms with E-state index in [0.29, 0.717) is 6.61 Å². The van der Waals surface area contributed by atoms with E-state index in [4.69, 9.17) is 4.52 Å². The molecule has 0 N–H and O–H groups in total. The Labute approximate surface area is 69.4 Å². The van der Waals surface area contributed by atoms with E-state index in [2.05, 4.69) is 0 Å². The van der Waals surface area contributed by atoms with Crippen molar-refractivity contribution in [1.29, 1.82) is 0 Å². The molecule has 0 amide bonds. The van der Waals surface area contributed by atoms with Crippen molar-refractivity contribution in [1.82, 2.24) is 9.80 Å². The summed E-state index contributed by atoms with van der Waals surface area (Å²) in [4.78, 5) is 4.03. The average Bonchev–Trinajstić information content (AvgIpc) is 1.87. The Morgan fingerprint density at radius 1 is 1.27 bits per heavy atom. The molecule has 0 aromatic rings. The van der Waals surface area contributed by atoms with Gasteiger partial charge in [0, 0.05) is 0 Å². The average molecular weight is 179 g/mol. The Morgan fingerprint density at radius 2 is 1.73 bits per heavy atom. The van der Waals surface area contributed by atoms with E-state index in [1.165, 1.54) is 0 Å². The molecule has 0 heterocycles. The molecule has 1 unspecified atom stereocenters. The summed E-state index contributed by atoms with van der Waals surface area (Å²) in [7, 11) is 7.17. The zero-order valence-corrected chi connectivity index (χ0v) is 8.50. The van der Waals surface area contributed by atoms with Gasteiger partial charge < -0.3 is 0 Å². The third kappa shape index (κ3) is 4.43. The second-order valence-corrected chi connectivity index (χ2v) is 3.26. The van der Waals surface area contributed by atoms with Crippen LogP contribution in [0.15, 0.2) is 0 Å². The molecule has 0 aliphatic carbocycles. The second kappa shape index (κ2) is 5.61. The van der Waals surface area contributed by atoms with Crippen LogP contribution in [0, 0.1) is 0 Å². The minimum Gasteiger partial charge on any atom is -0.292 e. The highest BCUT2D eigenvalue weighted by molar-refractivity contribution is 7.17. The van der Waals surface area contributed by atoms with Crippen LogP contribution < -0.4 is 0 Å². The molecule has 0 rings (SSSR count). The molecule has 0 bridgehead atoms. The summed E-state index contributed by atoms with van der Waals surface area (Å²) in [6.45, 7) is 0.474. The lowest BCUT2D eigenvalue weighted by molar-refractivity contribution is 0.0805. The summed E-state index contributed by atoms with van der Waals surface area (Å²) < 4.78 is 14.9. The van der Waals surface area contributed by atoms with Crippen molar-refractivity contribution in [2.45, 2.75) is 6.17 Å². The van der Waals surface area contributed by atoms with Crippen molar-refractivity contribution in [3.8, 4) is 0 Å². The first kappa shape index (κ1) is 11.0. The monoisotopic (exact) mass is 179 g/mol. The molecular formula is C6H16N2O2P+. The standard InChI is InChI=1S/C6H16N2O2P/c1-7(2)6(8(3)4)5-10-11-9/h6,11H,5H2,1-4H3/q+1. The van der Waals surface area contributed by atoms with E-state index in [1.807, 2.05) is 38.0 Å². The molecule has 4 nitrogen and oxygen atoms in total. The summed E-state index contributed by atoms with van der Waals surface area (Å²) in [6, 6.07) is 0. The summed E-state index contributed by atoms with van der Waals surface area (Å²) in [5.74, 6) is 0. The fourth-order valence-electron chi connectivity index (χ4n) is 0.869. The van der Waals surface area contributed by atoms with E-state index in [9.17, 15) is 4.57 Å². The smallest absolute Gasteiger partial charge is 0.292 e. The van der Waals surface area contributed by atoms with Crippen molar-refractivity contribution in [3.05, 3.63) is 0 Å². The predicted molar refractivity (Wildman–Crippen MR) is 46.1 cm³/mol. The maximum Gasteiger partial charge on any atom is 0.494 e. The fraction of sp³-hybridized carbons (Fsp3) is 1.00. The summed E-state index contributed by atoms with van der Waals surface area (Å²) in [5.41, 5.74) is 0. The Balaban J connectivity index is 3.79. The Bertz CT molecular complexity index is 111. The third-order valence-corrected chi connectivity index (χ3v) is 1.77. The van der Waals surface area contributed by atoms with E-state index in [-0.39, 0.29) is 6.17 Å². The van der Waals surface area contributed by atoms with E-state index in [0.717, 1.165) is 0 Å².